The Kier molecular flexibility index (Phi) is 3.73. The highest BCUT2D eigenvalue weighted by Gasteiger charge is 2.34. The average Bonchev–Trinajstić information content (AvgIpc) is 3.15. The van der Waals surface area contributed by atoms with Crippen molar-refractivity contribution in [2.24, 2.45) is 0 Å². The monoisotopic (exact) mass is 361 g/mol. The van der Waals surface area contributed by atoms with Crippen molar-refractivity contribution in [1.29, 1.82) is 0 Å². The predicted molar refractivity (Wildman–Crippen MR) is 75.1 cm³/mol. The van der Waals surface area contributed by atoms with E-state index in [1.165, 1.54) is 18.2 Å². The first-order valence-electron chi connectivity index (χ1n) is 6.71. The summed E-state index contributed by atoms with van der Waals surface area (Å²) >= 11 is 0. The maximum absolute atomic E-state index is 12.6. The Hall–Kier alpha value is -2.98. The van der Waals surface area contributed by atoms with Gasteiger partial charge < -0.3 is 5.73 Å². The summed E-state index contributed by atoms with van der Waals surface area (Å²) in [6, 6.07) is 5.55. The third kappa shape index (κ3) is 3.44. The lowest BCUT2D eigenvalue weighted by atomic mass is 10.2. The predicted octanol–water partition coefficient (Wildman–Crippen LogP) is 3.68. The normalized spacial score (nSPS) is 12.6. The highest BCUT2D eigenvalue weighted by Crippen LogP contribution is 2.30. The van der Waals surface area contributed by atoms with E-state index in [1.54, 1.807) is 0 Å². The van der Waals surface area contributed by atoms with Crippen LogP contribution >= 0.6 is 0 Å². The van der Waals surface area contributed by atoms with Crippen LogP contribution in [0.3, 0.4) is 0 Å². The Balaban J connectivity index is 2.01. The molecule has 0 radical (unpaired) electrons. The lowest BCUT2D eigenvalue weighted by Gasteiger charge is -2.08. The standard InChI is InChI=1S/C14H9F6N5/c15-13(16,17)11-1-3-24(22-11)9-5-8(21)6-10(7-9)25-4-2-12(23-25)14(18,19)20/h1-7H,21H2. The number of anilines is 1. The molecule has 0 saturated carbocycles. The number of nitrogens with two attached hydrogens (primary N) is 1. The summed E-state index contributed by atoms with van der Waals surface area (Å²) in [5.74, 6) is 0. The molecule has 0 aliphatic carbocycles. The van der Waals surface area contributed by atoms with Crippen molar-refractivity contribution in [1.82, 2.24) is 19.6 Å². The molecule has 0 aliphatic rings. The highest BCUT2D eigenvalue weighted by atomic mass is 19.4. The molecular formula is C14H9F6N5. The summed E-state index contributed by atoms with van der Waals surface area (Å²) in [7, 11) is 0. The third-order valence-electron chi connectivity index (χ3n) is 3.21. The Morgan fingerprint density at radius 1 is 0.720 bits per heavy atom. The van der Waals surface area contributed by atoms with E-state index >= 15 is 0 Å². The van der Waals surface area contributed by atoms with Gasteiger partial charge in [-0.25, -0.2) is 9.36 Å². The number of aromatic nitrogens is 4. The molecule has 2 N–H and O–H groups in total. The largest absolute Gasteiger partial charge is 0.435 e. The Morgan fingerprint density at radius 3 is 1.44 bits per heavy atom. The van der Waals surface area contributed by atoms with Gasteiger partial charge in [-0.05, 0) is 30.3 Å². The zero-order valence-electron chi connectivity index (χ0n) is 12.2. The number of halogens is 6. The molecule has 2 aromatic heterocycles. The van der Waals surface area contributed by atoms with Gasteiger partial charge in [0.25, 0.3) is 0 Å². The first kappa shape index (κ1) is 16.9. The first-order chi connectivity index (χ1) is 11.5. The first-order valence-corrected chi connectivity index (χ1v) is 6.71. The molecule has 0 bridgehead atoms. The minimum Gasteiger partial charge on any atom is -0.399 e. The smallest absolute Gasteiger partial charge is 0.399 e. The Bertz CT molecular complexity index is 835. The molecular weight excluding hydrogens is 352 g/mol. The van der Waals surface area contributed by atoms with E-state index in [0.717, 1.165) is 33.9 Å². The van der Waals surface area contributed by atoms with E-state index in [2.05, 4.69) is 10.2 Å². The minimum absolute atomic E-state index is 0.126. The lowest BCUT2D eigenvalue weighted by Crippen LogP contribution is -2.08. The van der Waals surface area contributed by atoms with Crippen LogP contribution in [0.15, 0.2) is 42.7 Å². The van der Waals surface area contributed by atoms with Crippen LogP contribution in [0, 0.1) is 0 Å². The second-order valence-electron chi connectivity index (χ2n) is 5.07. The van der Waals surface area contributed by atoms with E-state index in [1.807, 2.05) is 0 Å². The van der Waals surface area contributed by atoms with Gasteiger partial charge in [0, 0.05) is 18.1 Å². The van der Waals surface area contributed by atoms with E-state index < -0.39 is 23.7 Å². The average molecular weight is 361 g/mol. The van der Waals surface area contributed by atoms with Gasteiger partial charge in [0.15, 0.2) is 11.4 Å². The molecule has 25 heavy (non-hydrogen) atoms. The summed E-state index contributed by atoms with van der Waals surface area (Å²) in [4.78, 5) is 0. The number of hydrogen-bond donors (Lipinski definition) is 1. The van der Waals surface area contributed by atoms with Crippen molar-refractivity contribution in [2.45, 2.75) is 12.4 Å². The van der Waals surface area contributed by atoms with Crippen LogP contribution in [0.5, 0.6) is 0 Å². The van der Waals surface area contributed by atoms with Gasteiger partial charge >= 0.3 is 12.4 Å². The zero-order chi connectivity index (χ0) is 18.4. The molecule has 2 heterocycles. The topological polar surface area (TPSA) is 61.7 Å². The summed E-state index contributed by atoms with van der Waals surface area (Å²) in [6.45, 7) is 0. The van der Waals surface area contributed by atoms with Crippen LogP contribution in [0.1, 0.15) is 11.4 Å². The molecule has 0 unspecified atom stereocenters. The Morgan fingerprint density at radius 2 is 1.12 bits per heavy atom. The highest BCUT2D eigenvalue weighted by molar-refractivity contribution is 5.56. The molecule has 0 spiro atoms. The number of rotatable bonds is 2. The van der Waals surface area contributed by atoms with Gasteiger partial charge in [0.2, 0.25) is 0 Å². The van der Waals surface area contributed by atoms with E-state index in [4.69, 9.17) is 5.73 Å². The fourth-order valence-electron chi connectivity index (χ4n) is 2.12. The molecule has 3 aromatic rings. The third-order valence-corrected chi connectivity index (χ3v) is 3.21. The van der Waals surface area contributed by atoms with Gasteiger partial charge in [-0.2, -0.15) is 36.5 Å². The van der Waals surface area contributed by atoms with E-state index in [9.17, 15) is 26.3 Å². The van der Waals surface area contributed by atoms with E-state index in [-0.39, 0.29) is 17.1 Å². The summed E-state index contributed by atoms with van der Waals surface area (Å²) in [5, 5.41) is 6.80. The Labute approximate surface area is 136 Å². The van der Waals surface area contributed by atoms with Gasteiger partial charge in [-0.3, -0.25) is 0 Å². The van der Waals surface area contributed by atoms with Gasteiger partial charge in [-0.1, -0.05) is 0 Å². The molecule has 0 amide bonds. The number of nitrogen functional groups attached to an aromatic ring is 1. The maximum Gasteiger partial charge on any atom is 0.435 e. The fraction of sp³-hybridized carbons (Fsp3) is 0.143. The number of hydrogen-bond acceptors (Lipinski definition) is 3. The SMILES string of the molecule is Nc1cc(-n2ccc(C(F)(F)F)n2)cc(-n2ccc(C(F)(F)F)n2)c1. The van der Waals surface area contributed by atoms with Crippen LogP contribution in [-0.2, 0) is 12.4 Å². The van der Waals surface area contributed by atoms with Gasteiger partial charge in [-0.15, -0.1) is 0 Å². The number of benzene rings is 1. The second-order valence-corrected chi connectivity index (χ2v) is 5.07. The van der Waals surface area contributed by atoms with Crippen molar-refractivity contribution in [3.8, 4) is 11.4 Å². The minimum atomic E-state index is -4.61. The lowest BCUT2D eigenvalue weighted by molar-refractivity contribution is -0.142. The zero-order valence-corrected chi connectivity index (χ0v) is 12.2. The van der Waals surface area contributed by atoms with Crippen molar-refractivity contribution < 1.29 is 26.3 Å². The molecule has 0 atom stereocenters. The van der Waals surface area contributed by atoms with Crippen LogP contribution in [0.25, 0.3) is 11.4 Å². The number of alkyl halides is 6. The van der Waals surface area contributed by atoms with Crippen LogP contribution < -0.4 is 5.73 Å². The van der Waals surface area contributed by atoms with Crippen LogP contribution in [0.2, 0.25) is 0 Å². The van der Waals surface area contributed by atoms with E-state index in [0.29, 0.717) is 0 Å². The van der Waals surface area contributed by atoms with Crippen LogP contribution in [0.4, 0.5) is 32.0 Å². The molecule has 1 aromatic carbocycles. The summed E-state index contributed by atoms with van der Waals surface area (Å²) in [5.41, 5.74) is 3.91. The molecule has 3 rings (SSSR count). The molecule has 5 nitrogen and oxygen atoms in total. The molecule has 0 aliphatic heterocycles. The quantitative estimate of drug-likeness (QED) is 0.560. The van der Waals surface area contributed by atoms with Crippen molar-refractivity contribution >= 4 is 5.69 Å². The van der Waals surface area contributed by atoms with Crippen molar-refractivity contribution in [3.05, 3.63) is 54.1 Å². The molecule has 0 fully saturated rings. The maximum atomic E-state index is 12.6. The van der Waals surface area contributed by atoms with Gasteiger partial charge in [0.1, 0.15) is 0 Å². The fourth-order valence-corrected chi connectivity index (χ4v) is 2.12. The van der Waals surface area contributed by atoms with Crippen molar-refractivity contribution in [2.75, 3.05) is 5.73 Å². The van der Waals surface area contributed by atoms with Crippen LogP contribution in [-0.4, -0.2) is 19.6 Å². The summed E-state index contributed by atoms with van der Waals surface area (Å²) in [6.07, 6.45) is -7.08. The molecule has 0 saturated heterocycles. The molecule has 11 heteroatoms. The molecule has 132 valence electrons. The van der Waals surface area contributed by atoms with Crippen molar-refractivity contribution in [3.63, 3.8) is 0 Å². The number of nitrogens with zero attached hydrogens (tertiary/aromatic N) is 4. The summed E-state index contributed by atoms with van der Waals surface area (Å²) < 4.78 is 77.7. The second kappa shape index (κ2) is 5.53. The van der Waals surface area contributed by atoms with Gasteiger partial charge in [0.05, 0.1) is 11.4 Å².